The minimum absolute atomic E-state index is 0.0735. The normalized spacial score (nSPS) is 11.9. The van der Waals surface area contributed by atoms with Gasteiger partial charge in [-0.1, -0.05) is 5.16 Å². The van der Waals surface area contributed by atoms with E-state index in [-0.39, 0.29) is 11.7 Å². The van der Waals surface area contributed by atoms with Crippen molar-refractivity contribution in [2.45, 2.75) is 26.8 Å². The molecule has 0 saturated carbocycles. The highest BCUT2D eigenvalue weighted by Gasteiger charge is 2.18. The lowest BCUT2D eigenvalue weighted by Gasteiger charge is -2.15. The summed E-state index contributed by atoms with van der Waals surface area (Å²) in [7, 11) is 0. The summed E-state index contributed by atoms with van der Waals surface area (Å²) in [5, 5.41) is 27.9. The molecule has 0 aliphatic carbocycles. The molecule has 8 nitrogen and oxygen atoms in total. The molecule has 0 radical (unpaired) electrons. The predicted molar refractivity (Wildman–Crippen MR) is 91.1 cm³/mol. The van der Waals surface area contributed by atoms with Gasteiger partial charge in [0.1, 0.15) is 11.6 Å². The number of nitriles is 1. The van der Waals surface area contributed by atoms with Gasteiger partial charge in [0.2, 0.25) is 0 Å². The molecule has 0 unspecified atom stereocenters. The van der Waals surface area contributed by atoms with Crippen LogP contribution in [0.5, 0.6) is 0 Å². The van der Waals surface area contributed by atoms with Crippen molar-refractivity contribution in [3.05, 3.63) is 57.0 Å². The summed E-state index contributed by atoms with van der Waals surface area (Å²) in [4.78, 5) is 14.9. The maximum absolute atomic E-state index is 10.9. The van der Waals surface area contributed by atoms with Crippen molar-refractivity contribution in [2.75, 3.05) is 5.32 Å². The number of nitrogens with one attached hydrogen (secondary N) is 1. The number of rotatable bonds is 4. The van der Waals surface area contributed by atoms with Crippen LogP contribution < -0.4 is 5.32 Å². The van der Waals surface area contributed by atoms with Crippen LogP contribution in [-0.4, -0.2) is 15.1 Å². The molecule has 126 valence electrons. The first-order chi connectivity index (χ1) is 11.9. The number of fused-ring (bicyclic) bond motifs is 1. The van der Waals surface area contributed by atoms with Crippen molar-refractivity contribution >= 4 is 22.4 Å². The second-order valence-corrected chi connectivity index (χ2v) is 5.73. The molecular formula is C17H15N5O3. The number of pyridine rings is 1. The highest BCUT2D eigenvalue weighted by molar-refractivity contribution is 5.88. The Morgan fingerprint density at radius 2 is 2.12 bits per heavy atom. The second kappa shape index (κ2) is 6.20. The SMILES string of the molecule is Cc1noc(C)c1[C@H](C)Nc1cc(C#N)c2cc([N+](=O)[O-])ccc2n1. The average Bonchev–Trinajstić information content (AvgIpc) is 2.92. The first kappa shape index (κ1) is 16.4. The zero-order valence-corrected chi connectivity index (χ0v) is 13.9. The Kier molecular flexibility index (Phi) is 4.07. The fourth-order valence-corrected chi connectivity index (χ4v) is 2.90. The molecule has 2 aromatic heterocycles. The zero-order valence-electron chi connectivity index (χ0n) is 13.9. The van der Waals surface area contributed by atoms with E-state index in [1.54, 1.807) is 12.1 Å². The van der Waals surface area contributed by atoms with E-state index in [0.717, 1.165) is 17.0 Å². The topological polar surface area (TPSA) is 118 Å². The van der Waals surface area contributed by atoms with Crippen molar-refractivity contribution < 1.29 is 9.45 Å². The minimum Gasteiger partial charge on any atom is -0.363 e. The minimum atomic E-state index is -0.494. The van der Waals surface area contributed by atoms with E-state index < -0.39 is 4.92 Å². The van der Waals surface area contributed by atoms with Crippen LogP contribution in [0.2, 0.25) is 0 Å². The molecule has 1 aromatic carbocycles. The van der Waals surface area contributed by atoms with Gasteiger partial charge in [-0.05, 0) is 32.9 Å². The second-order valence-electron chi connectivity index (χ2n) is 5.73. The summed E-state index contributed by atoms with van der Waals surface area (Å²) in [6, 6.07) is 7.81. The molecule has 25 heavy (non-hydrogen) atoms. The van der Waals surface area contributed by atoms with Crippen LogP contribution in [0.1, 0.15) is 35.5 Å². The van der Waals surface area contributed by atoms with E-state index >= 15 is 0 Å². The Balaban J connectivity index is 2.02. The standard InChI is InChI=1S/C17H15N5O3/c1-9(17-10(2)21-25-11(17)3)19-16-6-12(8-18)14-7-13(22(23)24)4-5-15(14)20-16/h4-7,9H,1-3H3,(H,19,20)/t9-/m0/s1. The van der Waals surface area contributed by atoms with E-state index in [4.69, 9.17) is 4.52 Å². The number of hydrogen-bond acceptors (Lipinski definition) is 7. The molecule has 0 aliphatic heterocycles. The van der Waals surface area contributed by atoms with Gasteiger partial charge in [-0.15, -0.1) is 0 Å². The van der Waals surface area contributed by atoms with Gasteiger partial charge in [0.25, 0.3) is 5.69 Å². The van der Waals surface area contributed by atoms with Crippen molar-refractivity contribution in [1.82, 2.24) is 10.1 Å². The lowest BCUT2D eigenvalue weighted by atomic mass is 10.1. The summed E-state index contributed by atoms with van der Waals surface area (Å²) in [5.41, 5.74) is 2.48. The summed E-state index contributed by atoms with van der Waals surface area (Å²) < 4.78 is 5.18. The van der Waals surface area contributed by atoms with Crippen LogP contribution in [0.3, 0.4) is 0 Å². The van der Waals surface area contributed by atoms with Crippen molar-refractivity contribution in [3.8, 4) is 6.07 Å². The fraction of sp³-hybridized carbons (Fsp3) is 0.235. The average molecular weight is 337 g/mol. The molecule has 2 heterocycles. The van der Waals surface area contributed by atoms with E-state index in [1.807, 2.05) is 20.8 Å². The summed E-state index contributed by atoms with van der Waals surface area (Å²) in [5.74, 6) is 1.22. The molecule has 0 fully saturated rings. The van der Waals surface area contributed by atoms with Crippen LogP contribution in [0.4, 0.5) is 11.5 Å². The maximum Gasteiger partial charge on any atom is 0.270 e. The van der Waals surface area contributed by atoms with Crippen molar-refractivity contribution in [1.29, 1.82) is 5.26 Å². The van der Waals surface area contributed by atoms with Gasteiger partial charge < -0.3 is 9.84 Å². The van der Waals surface area contributed by atoms with E-state index in [2.05, 4.69) is 21.5 Å². The number of non-ortho nitro benzene ring substituents is 1. The molecule has 0 amide bonds. The number of anilines is 1. The molecule has 0 saturated heterocycles. The Labute approximate surface area is 143 Å². The van der Waals surface area contributed by atoms with Crippen molar-refractivity contribution in [2.24, 2.45) is 0 Å². The van der Waals surface area contributed by atoms with Crippen LogP contribution in [0.15, 0.2) is 28.8 Å². The maximum atomic E-state index is 10.9. The number of benzene rings is 1. The number of nitro benzene ring substituents is 1. The van der Waals surface area contributed by atoms with E-state index in [1.165, 1.54) is 12.1 Å². The fourth-order valence-electron chi connectivity index (χ4n) is 2.90. The van der Waals surface area contributed by atoms with Gasteiger partial charge in [-0.25, -0.2) is 4.98 Å². The zero-order chi connectivity index (χ0) is 18.1. The van der Waals surface area contributed by atoms with E-state index in [0.29, 0.717) is 22.3 Å². The molecule has 3 aromatic rings. The first-order valence-corrected chi connectivity index (χ1v) is 7.59. The lowest BCUT2D eigenvalue weighted by Crippen LogP contribution is -2.10. The molecule has 8 heteroatoms. The molecule has 0 aliphatic rings. The number of aryl methyl sites for hydroxylation is 2. The van der Waals surface area contributed by atoms with Crippen LogP contribution in [-0.2, 0) is 0 Å². The summed E-state index contributed by atoms with van der Waals surface area (Å²) >= 11 is 0. The summed E-state index contributed by atoms with van der Waals surface area (Å²) in [6.07, 6.45) is 0. The highest BCUT2D eigenvalue weighted by Crippen LogP contribution is 2.28. The first-order valence-electron chi connectivity index (χ1n) is 7.59. The van der Waals surface area contributed by atoms with Crippen molar-refractivity contribution in [3.63, 3.8) is 0 Å². The third kappa shape index (κ3) is 2.99. The summed E-state index contributed by atoms with van der Waals surface area (Å²) in [6.45, 7) is 5.64. The molecule has 1 atom stereocenters. The third-order valence-corrected chi connectivity index (χ3v) is 4.01. The number of nitrogens with zero attached hydrogens (tertiary/aromatic N) is 4. The van der Waals surface area contributed by atoms with Gasteiger partial charge in [0, 0.05) is 23.1 Å². The van der Waals surface area contributed by atoms with Gasteiger partial charge in [0.15, 0.2) is 0 Å². The third-order valence-electron chi connectivity index (χ3n) is 4.01. The van der Waals surface area contributed by atoms with Gasteiger partial charge in [-0.3, -0.25) is 10.1 Å². The van der Waals surface area contributed by atoms with Gasteiger partial charge in [-0.2, -0.15) is 5.26 Å². The number of nitro groups is 1. The largest absolute Gasteiger partial charge is 0.363 e. The number of hydrogen-bond donors (Lipinski definition) is 1. The van der Waals surface area contributed by atoms with Crippen LogP contribution in [0, 0.1) is 35.3 Å². The molecule has 1 N–H and O–H groups in total. The van der Waals surface area contributed by atoms with Gasteiger partial charge in [0.05, 0.1) is 33.8 Å². The Morgan fingerprint density at radius 1 is 1.36 bits per heavy atom. The van der Waals surface area contributed by atoms with Gasteiger partial charge >= 0.3 is 0 Å². The quantitative estimate of drug-likeness (QED) is 0.568. The van der Waals surface area contributed by atoms with E-state index in [9.17, 15) is 15.4 Å². The predicted octanol–water partition coefficient (Wildman–Crippen LogP) is 3.79. The monoisotopic (exact) mass is 337 g/mol. The smallest absolute Gasteiger partial charge is 0.270 e. The molecule has 3 rings (SSSR count). The Morgan fingerprint density at radius 3 is 2.72 bits per heavy atom. The molecule has 0 bridgehead atoms. The molecular weight excluding hydrogens is 322 g/mol. The lowest BCUT2D eigenvalue weighted by molar-refractivity contribution is -0.384. The molecule has 0 spiro atoms. The Hall–Kier alpha value is -3.47. The Bertz CT molecular complexity index is 1000. The van der Waals surface area contributed by atoms with Crippen LogP contribution >= 0.6 is 0 Å². The number of aromatic nitrogens is 2. The highest BCUT2D eigenvalue weighted by atomic mass is 16.6. The van der Waals surface area contributed by atoms with Crippen LogP contribution in [0.25, 0.3) is 10.9 Å².